The van der Waals surface area contributed by atoms with Crippen molar-refractivity contribution in [2.75, 3.05) is 0 Å². The number of hydrogen-bond acceptors (Lipinski definition) is 2. The molecule has 2 rings (SSSR count). The minimum absolute atomic E-state index is 0.0740. The Morgan fingerprint density at radius 1 is 1.38 bits per heavy atom. The number of nitrogens with one attached hydrogen (secondary N) is 1. The fourth-order valence-electron chi connectivity index (χ4n) is 2.00. The third kappa shape index (κ3) is 3.49. The lowest BCUT2D eigenvalue weighted by atomic mass is 10.0. The van der Waals surface area contributed by atoms with Crippen LogP contribution in [-0.2, 0) is 17.4 Å². The fourth-order valence-corrected chi connectivity index (χ4v) is 2.80. The van der Waals surface area contributed by atoms with E-state index in [2.05, 4.69) is 4.72 Å². The maximum Gasteiger partial charge on any atom is 0.172 e. The molecule has 0 amide bonds. The normalized spacial score (nSPS) is 15.3. The number of fused-ring (bicyclic) bond motifs is 1. The lowest BCUT2D eigenvalue weighted by Crippen LogP contribution is -2.39. The van der Waals surface area contributed by atoms with Gasteiger partial charge in [-0.2, -0.15) is 0 Å². The molecule has 1 unspecified atom stereocenters. The van der Waals surface area contributed by atoms with Gasteiger partial charge in [-0.15, -0.1) is 0 Å². The summed E-state index contributed by atoms with van der Waals surface area (Å²) in [7, 11) is -1.26. The van der Waals surface area contributed by atoms with Crippen LogP contribution >= 0.6 is 0 Å². The van der Waals surface area contributed by atoms with E-state index in [-0.39, 0.29) is 29.0 Å². The Balaban J connectivity index is 2.20. The Morgan fingerprint density at radius 2 is 2.05 bits per heavy atom. The number of hydrogen-bond donors (Lipinski definition) is 1. The molecule has 0 fully saturated rings. The molecule has 1 aromatic carbocycles. The van der Waals surface area contributed by atoms with Crippen molar-refractivity contribution in [3.8, 4) is 0 Å². The van der Waals surface area contributed by atoms with Crippen molar-refractivity contribution < 1.29 is 17.4 Å². The van der Waals surface area contributed by atoms with Crippen LogP contribution in [0, 0.1) is 11.6 Å². The van der Waals surface area contributed by atoms with Gasteiger partial charge in [0.15, 0.2) is 11.4 Å². The standard InChI is InChI=1S/C15H19F2NO2S/c1-9(18-21(19)15(2,3)4)7-10-8-12(16)14-11(13(10)17)5-6-20-14/h5-6,8-9,18H,7H2,1-4H3/t9-,21?/m1/s1. The summed E-state index contributed by atoms with van der Waals surface area (Å²) in [6.45, 7) is 7.34. The first-order valence-corrected chi connectivity index (χ1v) is 7.87. The smallest absolute Gasteiger partial charge is 0.172 e. The van der Waals surface area contributed by atoms with Crippen molar-refractivity contribution in [2.45, 2.75) is 44.9 Å². The molecule has 2 atom stereocenters. The maximum absolute atomic E-state index is 14.3. The van der Waals surface area contributed by atoms with E-state index in [0.717, 1.165) is 6.07 Å². The van der Waals surface area contributed by atoms with Gasteiger partial charge in [-0.25, -0.2) is 17.7 Å². The lowest BCUT2D eigenvalue weighted by Gasteiger charge is -2.22. The van der Waals surface area contributed by atoms with Crippen molar-refractivity contribution in [1.82, 2.24) is 4.72 Å². The monoisotopic (exact) mass is 315 g/mol. The summed E-state index contributed by atoms with van der Waals surface area (Å²) in [5.74, 6) is -1.08. The SMILES string of the molecule is C[C@H](Cc1cc(F)c2occc2c1F)NS(=O)C(C)(C)C. The first-order valence-electron chi connectivity index (χ1n) is 6.72. The second-order valence-corrected chi connectivity index (χ2v) is 8.10. The molecule has 0 aliphatic rings. The van der Waals surface area contributed by atoms with Gasteiger partial charge in [0.1, 0.15) is 5.82 Å². The summed E-state index contributed by atoms with van der Waals surface area (Å²) < 4.78 is 47.5. The largest absolute Gasteiger partial charge is 0.461 e. The third-order valence-electron chi connectivity index (χ3n) is 3.09. The zero-order valence-electron chi connectivity index (χ0n) is 12.5. The molecule has 0 saturated carbocycles. The highest BCUT2D eigenvalue weighted by atomic mass is 32.2. The molecule has 0 aliphatic carbocycles. The van der Waals surface area contributed by atoms with Gasteiger partial charge in [0, 0.05) is 6.04 Å². The molecule has 1 N–H and O–H groups in total. The van der Waals surface area contributed by atoms with E-state index in [1.54, 1.807) is 6.92 Å². The molecule has 0 saturated heterocycles. The molecule has 0 aliphatic heterocycles. The fraction of sp³-hybridized carbons (Fsp3) is 0.467. The van der Waals surface area contributed by atoms with Crippen LogP contribution < -0.4 is 4.72 Å². The van der Waals surface area contributed by atoms with Crippen LogP contribution in [0.1, 0.15) is 33.3 Å². The van der Waals surface area contributed by atoms with Gasteiger partial charge in [0.2, 0.25) is 0 Å². The molecule has 1 heterocycles. The van der Waals surface area contributed by atoms with Gasteiger partial charge in [0.05, 0.1) is 27.4 Å². The van der Waals surface area contributed by atoms with Crippen LogP contribution in [-0.4, -0.2) is 15.0 Å². The van der Waals surface area contributed by atoms with Gasteiger partial charge in [-0.05, 0) is 51.8 Å². The van der Waals surface area contributed by atoms with E-state index in [1.807, 2.05) is 20.8 Å². The van der Waals surface area contributed by atoms with Crippen molar-refractivity contribution in [3.05, 3.63) is 35.6 Å². The van der Waals surface area contributed by atoms with E-state index in [0.29, 0.717) is 0 Å². The zero-order valence-corrected chi connectivity index (χ0v) is 13.3. The molecular weight excluding hydrogens is 296 g/mol. The minimum Gasteiger partial charge on any atom is -0.461 e. The minimum atomic E-state index is -1.26. The average molecular weight is 315 g/mol. The van der Waals surface area contributed by atoms with Crippen molar-refractivity contribution in [3.63, 3.8) is 0 Å². The summed E-state index contributed by atoms with van der Waals surface area (Å²) in [6.07, 6.45) is 1.50. The van der Waals surface area contributed by atoms with Crippen LogP contribution in [0.2, 0.25) is 0 Å². The van der Waals surface area contributed by atoms with Crippen molar-refractivity contribution in [2.24, 2.45) is 0 Å². The van der Waals surface area contributed by atoms with Crippen LogP contribution in [0.15, 0.2) is 22.8 Å². The first-order chi connectivity index (χ1) is 9.70. The van der Waals surface area contributed by atoms with Gasteiger partial charge in [-0.3, -0.25) is 0 Å². The molecule has 3 nitrogen and oxygen atoms in total. The summed E-state index contributed by atoms with van der Waals surface area (Å²) in [5, 5.41) is 0.133. The molecule has 0 spiro atoms. The molecule has 0 bridgehead atoms. The number of halogens is 2. The Kier molecular flexibility index (Phi) is 4.49. The molecular formula is C15H19F2NO2S. The number of furan rings is 1. The molecule has 0 radical (unpaired) electrons. The Labute approximate surface area is 125 Å². The van der Waals surface area contributed by atoms with E-state index >= 15 is 0 Å². The predicted octanol–water partition coefficient (Wildman–Crippen LogP) is 3.69. The predicted molar refractivity (Wildman–Crippen MR) is 80.3 cm³/mol. The highest BCUT2D eigenvalue weighted by Crippen LogP contribution is 2.26. The summed E-state index contributed by atoms with van der Waals surface area (Å²) in [5.41, 5.74) is 0.169. The second kappa shape index (κ2) is 5.85. The number of benzene rings is 1. The Bertz CT molecular complexity index is 676. The van der Waals surface area contributed by atoms with Gasteiger partial charge in [0.25, 0.3) is 0 Å². The van der Waals surface area contributed by atoms with E-state index in [1.165, 1.54) is 12.3 Å². The topological polar surface area (TPSA) is 42.2 Å². The highest BCUT2D eigenvalue weighted by molar-refractivity contribution is 7.84. The van der Waals surface area contributed by atoms with Crippen molar-refractivity contribution in [1.29, 1.82) is 0 Å². The maximum atomic E-state index is 14.3. The Morgan fingerprint density at radius 3 is 2.67 bits per heavy atom. The molecule has 116 valence electrons. The highest BCUT2D eigenvalue weighted by Gasteiger charge is 2.22. The van der Waals surface area contributed by atoms with E-state index in [9.17, 15) is 13.0 Å². The molecule has 1 aromatic heterocycles. The summed E-state index contributed by atoms with van der Waals surface area (Å²) in [6, 6.07) is 2.30. The van der Waals surface area contributed by atoms with Gasteiger partial charge in [-0.1, -0.05) is 0 Å². The van der Waals surface area contributed by atoms with Crippen LogP contribution in [0.25, 0.3) is 11.0 Å². The number of rotatable bonds is 4. The zero-order chi connectivity index (χ0) is 15.8. The summed E-state index contributed by atoms with van der Waals surface area (Å²) in [4.78, 5) is 0. The molecule has 21 heavy (non-hydrogen) atoms. The molecule has 2 aromatic rings. The van der Waals surface area contributed by atoms with Crippen LogP contribution in [0.5, 0.6) is 0 Å². The third-order valence-corrected chi connectivity index (χ3v) is 4.82. The van der Waals surface area contributed by atoms with Gasteiger partial charge >= 0.3 is 0 Å². The van der Waals surface area contributed by atoms with Crippen LogP contribution in [0.4, 0.5) is 8.78 Å². The molecule has 6 heteroatoms. The lowest BCUT2D eigenvalue weighted by molar-refractivity contribution is 0.545. The second-order valence-electron chi connectivity index (χ2n) is 6.10. The Hall–Kier alpha value is -1.27. The van der Waals surface area contributed by atoms with E-state index in [4.69, 9.17) is 4.42 Å². The van der Waals surface area contributed by atoms with Crippen LogP contribution in [0.3, 0.4) is 0 Å². The van der Waals surface area contributed by atoms with Crippen molar-refractivity contribution >= 4 is 22.0 Å². The van der Waals surface area contributed by atoms with Gasteiger partial charge < -0.3 is 4.42 Å². The average Bonchev–Trinajstić information content (AvgIpc) is 2.84. The first kappa shape index (κ1) is 16.1. The summed E-state index contributed by atoms with van der Waals surface area (Å²) >= 11 is 0. The quantitative estimate of drug-likeness (QED) is 0.935. The van der Waals surface area contributed by atoms with E-state index < -0.39 is 27.4 Å².